The summed E-state index contributed by atoms with van der Waals surface area (Å²) in [7, 11) is 0. The Morgan fingerprint density at radius 3 is 2.30 bits per heavy atom. The van der Waals surface area contributed by atoms with E-state index in [0.717, 1.165) is 0 Å². The van der Waals surface area contributed by atoms with Crippen molar-refractivity contribution in [2.75, 3.05) is 6.61 Å². The zero-order valence-corrected chi connectivity index (χ0v) is 6.41. The van der Waals surface area contributed by atoms with E-state index in [2.05, 4.69) is 5.92 Å². The minimum atomic E-state index is -0.588. The van der Waals surface area contributed by atoms with Crippen LogP contribution in [0.5, 0.6) is 0 Å². The van der Waals surface area contributed by atoms with E-state index >= 15 is 0 Å². The number of aliphatic hydroxyl groups is 2. The molecule has 0 aromatic carbocycles. The fourth-order valence-electron chi connectivity index (χ4n) is 0.699. The number of terminal acetylenes is 1. The fraction of sp³-hybridized carbons (Fsp3) is 0.750. The molecule has 0 bridgehead atoms. The van der Waals surface area contributed by atoms with Crippen molar-refractivity contribution in [1.29, 1.82) is 0 Å². The molecule has 0 heterocycles. The third-order valence-corrected chi connectivity index (χ3v) is 1.65. The third kappa shape index (κ3) is 2.38. The minimum Gasteiger partial charge on any atom is -0.396 e. The van der Waals surface area contributed by atoms with Gasteiger partial charge in [0.25, 0.3) is 0 Å². The molecule has 0 rings (SSSR count). The predicted molar refractivity (Wildman–Crippen MR) is 40.3 cm³/mol. The molecule has 0 aliphatic carbocycles. The van der Waals surface area contributed by atoms with Crippen molar-refractivity contribution in [3.63, 3.8) is 0 Å². The normalized spacial score (nSPS) is 19.1. The van der Waals surface area contributed by atoms with Crippen molar-refractivity contribution < 1.29 is 10.2 Å². The topological polar surface area (TPSA) is 40.5 Å². The Hall–Kier alpha value is -0.520. The Morgan fingerprint density at radius 1 is 1.50 bits per heavy atom. The summed E-state index contributed by atoms with van der Waals surface area (Å²) in [5.74, 6) is 2.11. The van der Waals surface area contributed by atoms with Crippen LogP contribution in [-0.4, -0.2) is 22.9 Å². The molecule has 0 amide bonds. The number of hydrogen-bond acceptors (Lipinski definition) is 2. The van der Waals surface area contributed by atoms with E-state index in [1.54, 1.807) is 13.8 Å². The Balaban J connectivity index is 3.84. The molecule has 0 unspecified atom stereocenters. The van der Waals surface area contributed by atoms with E-state index in [0.29, 0.717) is 0 Å². The van der Waals surface area contributed by atoms with E-state index < -0.39 is 6.10 Å². The standard InChI is InChI=1S/C8H14O2/c1-4-6(2)8(10)7(3)5-9/h1,6-10H,5H2,2-3H3/t6-,7+,8+/m1/s1. The van der Waals surface area contributed by atoms with Crippen molar-refractivity contribution in [2.45, 2.75) is 20.0 Å². The summed E-state index contributed by atoms with van der Waals surface area (Å²) >= 11 is 0. The van der Waals surface area contributed by atoms with Crippen LogP contribution in [0.3, 0.4) is 0 Å². The zero-order chi connectivity index (χ0) is 8.15. The monoisotopic (exact) mass is 142 g/mol. The van der Waals surface area contributed by atoms with Crippen LogP contribution in [0.4, 0.5) is 0 Å². The quantitative estimate of drug-likeness (QED) is 0.554. The van der Waals surface area contributed by atoms with Gasteiger partial charge in [-0.15, -0.1) is 12.3 Å². The van der Waals surface area contributed by atoms with Gasteiger partial charge in [-0.3, -0.25) is 0 Å². The predicted octanol–water partition coefficient (Wildman–Crippen LogP) is 0.245. The Morgan fingerprint density at radius 2 is 2.00 bits per heavy atom. The van der Waals surface area contributed by atoms with Crippen LogP contribution in [0.15, 0.2) is 0 Å². The summed E-state index contributed by atoms with van der Waals surface area (Å²) in [6, 6.07) is 0. The second kappa shape index (κ2) is 4.32. The van der Waals surface area contributed by atoms with Crippen molar-refractivity contribution in [2.24, 2.45) is 11.8 Å². The summed E-state index contributed by atoms with van der Waals surface area (Å²) in [5.41, 5.74) is 0. The van der Waals surface area contributed by atoms with E-state index in [1.165, 1.54) is 0 Å². The lowest BCUT2D eigenvalue weighted by molar-refractivity contribution is 0.0540. The van der Waals surface area contributed by atoms with Gasteiger partial charge < -0.3 is 10.2 Å². The summed E-state index contributed by atoms with van der Waals surface area (Å²) in [6.07, 6.45) is 4.49. The van der Waals surface area contributed by atoms with Crippen LogP contribution in [0.1, 0.15) is 13.8 Å². The molecule has 0 saturated carbocycles. The van der Waals surface area contributed by atoms with Gasteiger partial charge in [0.15, 0.2) is 0 Å². The lowest BCUT2D eigenvalue weighted by atomic mass is 9.95. The van der Waals surface area contributed by atoms with Gasteiger partial charge >= 0.3 is 0 Å². The first-order chi connectivity index (χ1) is 4.63. The molecule has 0 aliphatic rings. The second-order valence-electron chi connectivity index (χ2n) is 2.61. The maximum absolute atomic E-state index is 9.28. The van der Waals surface area contributed by atoms with Crippen molar-refractivity contribution in [1.82, 2.24) is 0 Å². The van der Waals surface area contributed by atoms with E-state index in [4.69, 9.17) is 11.5 Å². The van der Waals surface area contributed by atoms with Crippen LogP contribution >= 0.6 is 0 Å². The maximum Gasteiger partial charge on any atom is 0.0722 e. The summed E-state index contributed by atoms with van der Waals surface area (Å²) in [5, 5.41) is 17.9. The van der Waals surface area contributed by atoms with E-state index in [9.17, 15) is 5.11 Å². The van der Waals surface area contributed by atoms with E-state index in [1.807, 2.05) is 0 Å². The fourth-order valence-corrected chi connectivity index (χ4v) is 0.699. The molecule has 2 nitrogen and oxygen atoms in total. The minimum absolute atomic E-state index is 0.0206. The molecule has 0 radical (unpaired) electrons. The van der Waals surface area contributed by atoms with Crippen LogP contribution in [0.2, 0.25) is 0 Å². The molecule has 2 N–H and O–H groups in total. The van der Waals surface area contributed by atoms with Crippen molar-refractivity contribution >= 4 is 0 Å². The molecule has 0 saturated heterocycles. The molecule has 58 valence electrons. The highest BCUT2D eigenvalue weighted by atomic mass is 16.3. The lowest BCUT2D eigenvalue weighted by Gasteiger charge is -2.18. The summed E-state index contributed by atoms with van der Waals surface area (Å²) in [4.78, 5) is 0. The smallest absolute Gasteiger partial charge is 0.0722 e. The zero-order valence-electron chi connectivity index (χ0n) is 6.41. The first-order valence-corrected chi connectivity index (χ1v) is 3.38. The summed E-state index contributed by atoms with van der Waals surface area (Å²) in [6.45, 7) is 3.50. The van der Waals surface area contributed by atoms with Gasteiger partial charge in [0.1, 0.15) is 0 Å². The molecule has 0 aromatic rings. The molecule has 0 aromatic heterocycles. The van der Waals surface area contributed by atoms with Crippen LogP contribution in [0.25, 0.3) is 0 Å². The molecule has 0 fully saturated rings. The molecule has 0 aliphatic heterocycles. The average molecular weight is 142 g/mol. The Bertz CT molecular complexity index is 126. The molecule has 2 heteroatoms. The SMILES string of the molecule is C#C[C@@H](C)[C@H](O)[C@@H](C)CO. The van der Waals surface area contributed by atoms with Gasteiger partial charge in [0.2, 0.25) is 0 Å². The second-order valence-corrected chi connectivity index (χ2v) is 2.61. The van der Waals surface area contributed by atoms with Crippen molar-refractivity contribution in [3.05, 3.63) is 0 Å². The van der Waals surface area contributed by atoms with Gasteiger partial charge in [-0.05, 0) is 6.92 Å². The molecule has 0 spiro atoms. The lowest BCUT2D eigenvalue weighted by Crippen LogP contribution is -2.26. The Kier molecular flexibility index (Phi) is 4.10. The van der Waals surface area contributed by atoms with Gasteiger partial charge in [-0.1, -0.05) is 6.92 Å². The highest BCUT2D eigenvalue weighted by molar-refractivity contribution is 4.95. The average Bonchev–Trinajstić information content (AvgIpc) is 2.00. The third-order valence-electron chi connectivity index (χ3n) is 1.65. The van der Waals surface area contributed by atoms with Gasteiger partial charge in [-0.2, -0.15) is 0 Å². The molecule has 10 heavy (non-hydrogen) atoms. The molecular weight excluding hydrogens is 128 g/mol. The van der Waals surface area contributed by atoms with Crippen LogP contribution in [0, 0.1) is 24.2 Å². The highest BCUT2D eigenvalue weighted by Crippen LogP contribution is 2.10. The number of rotatable bonds is 3. The maximum atomic E-state index is 9.28. The van der Waals surface area contributed by atoms with E-state index in [-0.39, 0.29) is 18.4 Å². The van der Waals surface area contributed by atoms with Gasteiger partial charge in [0.05, 0.1) is 6.10 Å². The van der Waals surface area contributed by atoms with Crippen molar-refractivity contribution in [3.8, 4) is 12.3 Å². The summed E-state index contributed by atoms with van der Waals surface area (Å²) < 4.78 is 0. The van der Waals surface area contributed by atoms with Gasteiger partial charge in [-0.25, -0.2) is 0 Å². The van der Waals surface area contributed by atoms with Crippen LogP contribution < -0.4 is 0 Å². The Labute approximate surface area is 61.9 Å². The first-order valence-electron chi connectivity index (χ1n) is 3.38. The number of aliphatic hydroxyl groups excluding tert-OH is 2. The molecule has 3 atom stereocenters. The highest BCUT2D eigenvalue weighted by Gasteiger charge is 2.17. The number of hydrogen-bond donors (Lipinski definition) is 2. The van der Waals surface area contributed by atoms with Gasteiger partial charge in [0, 0.05) is 18.4 Å². The first kappa shape index (κ1) is 9.48. The largest absolute Gasteiger partial charge is 0.396 e. The molecular formula is C8H14O2. The van der Waals surface area contributed by atoms with Crippen LogP contribution in [-0.2, 0) is 0 Å².